The highest BCUT2D eigenvalue weighted by Crippen LogP contribution is 2.24. The standard InChI is InChI=1S/C11H18N4O.2ClH/c1-11(3-4-12-8-11)10(16)14-7-9-13-5-6-15(9)2;;/h5-6,12H,3-4,7-8H2,1-2H3,(H,14,16);2*1H. The molecule has 0 saturated carbocycles. The Labute approximate surface area is 120 Å². The van der Waals surface area contributed by atoms with Crippen LogP contribution in [0, 0.1) is 5.41 Å². The third-order valence-corrected chi connectivity index (χ3v) is 3.24. The van der Waals surface area contributed by atoms with Crippen molar-refractivity contribution in [1.82, 2.24) is 20.2 Å². The predicted molar refractivity (Wildman–Crippen MR) is 75.1 cm³/mol. The average molecular weight is 295 g/mol. The van der Waals surface area contributed by atoms with Gasteiger partial charge in [-0.1, -0.05) is 0 Å². The van der Waals surface area contributed by atoms with E-state index in [0.717, 1.165) is 25.3 Å². The number of carbonyl (C=O) groups excluding carboxylic acids is 1. The minimum atomic E-state index is -0.259. The molecule has 1 aromatic rings. The van der Waals surface area contributed by atoms with Crippen LogP contribution in [0.5, 0.6) is 0 Å². The van der Waals surface area contributed by atoms with Gasteiger partial charge in [0, 0.05) is 26.0 Å². The van der Waals surface area contributed by atoms with Gasteiger partial charge in [-0.05, 0) is 19.9 Å². The quantitative estimate of drug-likeness (QED) is 0.870. The minimum Gasteiger partial charge on any atom is -0.348 e. The third-order valence-electron chi connectivity index (χ3n) is 3.24. The van der Waals surface area contributed by atoms with Crippen LogP contribution in [0.4, 0.5) is 0 Å². The number of nitrogens with zero attached hydrogens (tertiary/aromatic N) is 2. The fourth-order valence-corrected chi connectivity index (χ4v) is 1.95. The molecule has 2 heterocycles. The van der Waals surface area contributed by atoms with Crippen LogP contribution in [0.15, 0.2) is 12.4 Å². The molecule has 1 atom stereocenters. The summed E-state index contributed by atoms with van der Waals surface area (Å²) in [6, 6.07) is 0. The molecule has 0 aliphatic carbocycles. The predicted octanol–water partition coefficient (Wildman–Crippen LogP) is 0.879. The molecular weight excluding hydrogens is 275 g/mol. The molecule has 104 valence electrons. The second-order valence-electron chi connectivity index (χ2n) is 4.62. The van der Waals surface area contributed by atoms with Crippen molar-refractivity contribution in [2.45, 2.75) is 19.9 Å². The van der Waals surface area contributed by atoms with Crippen molar-refractivity contribution in [3.63, 3.8) is 0 Å². The van der Waals surface area contributed by atoms with Crippen LogP contribution >= 0.6 is 24.8 Å². The van der Waals surface area contributed by atoms with Crippen molar-refractivity contribution < 1.29 is 4.79 Å². The van der Waals surface area contributed by atoms with Crippen LogP contribution in [0.25, 0.3) is 0 Å². The molecule has 1 fully saturated rings. The van der Waals surface area contributed by atoms with E-state index in [1.54, 1.807) is 6.20 Å². The Morgan fingerprint density at radius 2 is 2.33 bits per heavy atom. The molecule has 5 nitrogen and oxygen atoms in total. The number of carbonyl (C=O) groups is 1. The van der Waals surface area contributed by atoms with Crippen molar-refractivity contribution in [2.75, 3.05) is 13.1 Å². The number of imidazole rings is 1. The van der Waals surface area contributed by atoms with Crippen LogP contribution in [0.2, 0.25) is 0 Å². The van der Waals surface area contributed by atoms with Gasteiger partial charge in [-0.3, -0.25) is 4.79 Å². The number of hydrogen-bond donors (Lipinski definition) is 2. The molecule has 1 aliphatic rings. The Morgan fingerprint density at radius 3 is 2.83 bits per heavy atom. The lowest BCUT2D eigenvalue weighted by atomic mass is 9.89. The molecule has 2 rings (SSSR count). The molecule has 1 amide bonds. The number of halogens is 2. The van der Waals surface area contributed by atoms with Gasteiger partial charge >= 0.3 is 0 Å². The van der Waals surface area contributed by atoms with E-state index >= 15 is 0 Å². The highest BCUT2D eigenvalue weighted by Gasteiger charge is 2.35. The number of nitrogens with one attached hydrogen (secondary N) is 2. The molecule has 1 aromatic heterocycles. The maximum absolute atomic E-state index is 12.0. The van der Waals surface area contributed by atoms with Gasteiger partial charge in [-0.15, -0.1) is 24.8 Å². The van der Waals surface area contributed by atoms with Crippen LogP contribution in [0.1, 0.15) is 19.2 Å². The first-order chi connectivity index (χ1) is 7.62. The minimum absolute atomic E-state index is 0. The number of aromatic nitrogens is 2. The molecule has 1 unspecified atom stereocenters. The first-order valence-corrected chi connectivity index (χ1v) is 5.57. The van der Waals surface area contributed by atoms with Gasteiger partial charge in [0.25, 0.3) is 0 Å². The van der Waals surface area contributed by atoms with Gasteiger partial charge in [0.15, 0.2) is 0 Å². The van der Waals surface area contributed by atoms with Crippen molar-refractivity contribution >= 4 is 30.7 Å². The van der Waals surface area contributed by atoms with E-state index in [2.05, 4.69) is 15.6 Å². The molecule has 7 heteroatoms. The Hall–Kier alpha value is -0.780. The van der Waals surface area contributed by atoms with Crippen LogP contribution in [0.3, 0.4) is 0 Å². The molecule has 2 N–H and O–H groups in total. The van der Waals surface area contributed by atoms with Crippen LogP contribution < -0.4 is 10.6 Å². The summed E-state index contributed by atoms with van der Waals surface area (Å²) in [7, 11) is 1.92. The second kappa shape index (κ2) is 6.97. The van der Waals surface area contributed by atoms with Gasteiger partial charge in [-0.2, -0.15) is 0 Å². The maximum atomic E-state index is 12.0. The molecule has 0 bridgehead atoms. The summed E-state index contributed by atoms with van der Waals surface area (Å²) in [6.07, 6.45) is 4.51. The number of aryl methyl sites for hydroxylation is 1. The summed E-state index contributed by atoms with van der Waals surface area (Å²) in [4.78, 5) is 16.2. The smallest absolute Gasteiger partial charge is 0.227 e. The van der Waals surface area contributed by atoms with Gasteiger partial charge in [0.2, 0.25) is 5.91 Å². The van der Waals surface area contributed by atoms with E-state index in [-0.39, 0.29) is 36.1 Å². The molecule has 1 saturated heterocycles. The Balaban J connectivity index is 0.00000144. The molecular formula is C11H20Cl2N4O. The number of hydrogen-bond acceptors (Lipinski definition) is 3. The highest BCUT2D eigenvalue weighted by molar-refractivity contribution is 5.85. The zero-order chi connectivity index (χ0) is 11.6. The summed E-state index contributed by atoms with van der Waals surface area (Å²) in [5, 5.41) is 6.16. The summed E-state index contributed by atoms with van der Waals surface area (Å²) < 4.78 is 1.91. The lowest BCUT2D eigenvalue weighted by Crippen LogP contribution is -2.40. The Morgan fingerprint density at radius 1 is 1.61 bits per heavy atom. The summed E-state index contributed by atoms with van der Waals surface area (Å²) in [5.74, 6) is 0.989. The molecule has 0 spiro atoms. The average Bonchev–Trinajstić information content (AvgIpc) is 2.85. The van der Waals surface area contributed by atoms with E-state index in [0.29, 0.717) is 6.54 Å². The largest absolute Gasteiger partial charge is 0.348 e. The van der Waals surface area contributed by atoms with Crippen LogP contribution in [-0.2, 0) is 18.4 Å². The van der Waals surface area contributed by atoms with E-state index in [1.807, 2.05) is 24.7 Å². The zero-order valence-electron chi connectivity index (χ0n) is 10.6. The normalized spacial score (nSPS) is 21.9. The van der Waals surface area contributed by atoms with Gasteiger partial charge in [0.05, 0.1) is 12.0 Å². The van der Waals surface area contributed by atoms with E-state index < -0.39 is 0 Å². The van der Waals surface area contributed by atoms with Crippen molar-refractivity contribution in [2.24, 2.45) is 12.5 Å². The van der Waals surface area contributed by atoms with Gasteiger partial charge in [-0.25, -0.2) is 4.98 Å². The zero-order valence-corrected chi connectivity index (χ0v) is 12.2. The topological polar surface area (TPSA) is 59.0 Å². The van der Waals surface area contributed by atoms with Crippen molar-refractivity contribution in [3.05, 3.63) is 18.2 Å². The molecule has 0 radical (unpaired) electrons. The Kier molecular flexibility index (Phi) is 6.67. The first-order valence-electron chi connectivity index (χ1n) is 5.57. The SMILES string of the molecule is Cl.Cl.Cn1ccnc1CNC(=O)C1(C)CCNC1. The van der Waals surface area contributed by atoms with E-state index in [4.69, 9.17) is 0 Å². The molecule has 18 heavy (non-hydrogen) atoms. The lowest BCUT2D eigenvalue weighted by molar-refractivity contribution is -0.129. The maximum Gasteiger partial charge on any atom is 0.227 e. The number of amides is 1. The number of rotatable bonds is 3. The summed E-state index contributed by atoms with van der Waals surface area (Å²) in [5.41, 5.74) is -0.259. The fourth-order valence-electron chi connectivity index (χ4n) is 1.95. The first kappa shape index (κ1) is 17.2. The van der Waals surface area contributed by atoms with Crippen molar-refractivity contribution in [1.29, 1.82) is 0 Å². The van der Waals surface area contributed by atoms with Gasteiger partial charge in [0.1, 0.15) is 5.82 Å². The summed E-state index contributed by atoms with van der Waals surface area (Å²) >= 11 is 0. The third kappa shape index (κ3) is 3.60. The lowest BCUT2D eigenvalue weighted by Gasteiger charge is -2.21. The van der Waals surface area contributed by atoms with Crippen LogP contribution in [-0.4, -0.2) is 28.5 Å². The Bertz CT molecular complexity index is 388. The van der Waals surface area contributed by atoms with Gasteiger partial charge < -0.3 is 15.2 Å². The highest BCUT2D eigenvalue weighted by atomic mass is 35.5. The second-order valence-corrected chi connectivity index (χ2v) is 4.62. The molecule has 1 aliphatic heterocycles. The summed E-state index contributed by atoms with van der Waals surface area (Å²) in [6.45, 7) is 4.18. The molecule has 0 aromatic carbocycles. The monoisotopic (exact) mass is 294 g/mol. The van der Waals surface area contributed by atoms with E-state index in [1.165, 1.54) is 0 Å². The van der Waals surface area contributed by atoms with Crippen molar-refractivity contribution in [3.8, 4) is 0 Å². The fraction of sp³-hybridized carbons (Fsp3) is 0.636. The van der Waals surface area contributed by atoms with E-state index in [9.17, 15) is 4.79 Å².